The summed E-state index contributed by atoms with van der Waals surface area (Å²) in [6, 6.07) is 8.99. The third kappa shape index (κ3) is 4.98. The van der Waals surface area contributed by atoms with E-state index in [1.54, 1.807) is 25.1 Å². The molecule has 3 aromatic rings. The van der Waals surface area contributed by atoms with Gasteiger partial charge in [0.2, 0.25) is 0 Å². The summed E-state index contributed by atoms with van der Waals surface area (Å²) in [5, 5.41) is 27.4. The number of carboxylic acid groups (broad SMARTS) is 1. The van der Waals surface area contributed by atoms with Gasteiger partial charge >= 0.3 is 5.97 Å². The molecular weight excluding hydrogens is 428 g/mol. The predicted octanol–water partition coefficient (Wildman–Crippen LogP) is 4.44. The van der Waals surface area contributed by atoms with Crippen molar-refractivity contribution in [3.63, 3.8) is 0 Å². The van der Waals surface area contributed by atoms with Gasteiger partial charge in [0, 0.05) is 23.4 Å². The third-order valence-corrected chi connectivity index (χ3v) is 4.78. The molecule has 1 unspecified atom stereocenters. The monoisotopic (exact) mass is 444 g/mol. The van der Waals surface area contributed by atoms with Crippen molar-refractivity contribution in [2.75, 3.05) is 5.32 Å². The fraction of sp³-hybridized carbons (Fsp3) is 0.150. The molecule has 0 aliphatic carbocycles. The summed E-state index contributed by atoms with van der Waals surface area (Å²) < 4.78 is 6.75. The molecule has 0 aliphatic heterocycles. The van der Waals surface area contributed by atoms with Crippen molar-refractivity contribution >= 4 is 34.9 Å². The first-order valence-electron chi connectivity index (χ1n) is 8.97. The smallest absolute Gasteiger partial charge is 0.328 e. The molecule has 1 amide bonds. The highest BCUT2D eigenvalue weighted by Crippen LogP contribution is 2.31. The van der Waals surface area contributed by atoms with Crippen LogP contribution in [-0.2, 0) is 4.79 Å². The van der Waals surface area contributed by atoms with Crippen molar-refractivity contribution < 1.29 is 24.4 Å². The van der Waals surface area contributed by atoms with Gasteiger partial charge < -0.3 is 15.2 Å². The van der Waals surface area contributed by atoms with Gasteiger partial charge in [0.25, 0.3) is 11.6 Å². The van der Waals surface area contributed by atoms with E-state index in [9.17, 15) is 19.7 Å². The molecule has 1 heterocycles. The second-order valence-corrected chi connectivity index (χ2v) is 7.02. The van der Waals surface area contributed by atoms with Gasteiger partial charge in [-0.25, -0.2) is 9.48 Å². The van der Waals surface area contributed by atoms with Crippen molar-refractivity contribution in [1.82, 2.24) is 9.78 Å². The van der Waals surface area contributed by atoms with Gasteiger partial charge in [-0.1, -0.05) is 11.6 Å². The summed E-state index contributed by atoms with van der Waals surface area (Å²) in [5.41, 5.74) is 0.539. The average Bonchev–Trinajstić information content (AvgIpc) is 3.19. The minimum Gasteiger partial charge on any atom is -0.480 e. The van der Waals surface area contributed by atoms with Crippen LogP contribution >= 0.6 is 11.6 Å². The Hall–Kier alpha value is -3.92. The minimum absolute atomic E-state index is 0.0165. The molecule has 1 aromatic heterocycles. The molecular formula is C20H17ClN4O6. The highest BCUT2D eigenvalue weighted by Gasteiger charge is 2.22. The Bertz CT molecular complexity index is 1180. The second kappa shape index (κ2) is 8.84. The SMILES string of the molecule is Cc1cc(Oc2cc(NC(=O)c3ccnn3C(C)C(=O)O)cc([N+](=O)[O-])c2)ccc1Cl. The van der Waals surface area contributed by atoms with Crippen molar-refractivity contribution in [2.24, 2.45) is 0 Å². The van der Waals surface area contributed by atoms with Gasteiger partial charge in [0.1, 0.15) is 23.2 Å². The molecule has 0 radical (unpaired) electrons. The molecule has 160 valence electrons. The minimum atomic E-state index is -1.16. The molecule has 3 rings (SSSR count). The molecule has 2 N–H and O–H groups in total. The fourth-order valence-electron chi connectivity index (χ4n) is 2.74. The van der Waals surface area contributed by atoms with Gasteiger partial charge in [-0.05, 0) is 43.7 Å². The Balaban J connectivity index is 1.90. The summed E-state index contributed by atoms with van der Waals surface area (Å²) in [5.74, 6) is -1.31. The first-order valence-corrected chi connectivity index (χ1v) is 9.34. The number of benzene rings is 2. The van der Waals surface area contributed by atoms with Crippen LogP contribution in [0.25, 0.3) is 0 Å². The summed E-state index contributed by atoms with van der Waals surface area (Å²) in [6.07, 6.45) is 1.29. The number of hydrogen-bond acceptors (Lipinski definition) is 6. The Labute approximate surface area is 181 Å². The van der Waals surface area contributed by atoms with Gasteiger partial charge in [-0.15, -0.1) is 0 Å². The lowest BCUT2D eigenvalue weighted by atomic mass is 10.2. The lowest BCUT2D eigenvalue weighted by molar-refractivity contribution is -0.384. The molecule has 10 nitrogen and oxygen atoms in total. The van der Waals surface area contributed by atoms with Crippen LogP contribution in [0.1, 0.15) is 29.0 Å². The zero-order chi connectivity index (χ0) is 22.7. The predicted molar refractivity (Wildman–Crippen MR) is 112 cm³/mol. The number of nitrogens with zero attached hydrogens (tertiary/aromatic N) is 3. The number of anilines is 1. The number of non-ortho nitro benzene ring substituents is 1. The van der Waals surface area contributed by atoms with E-state index >= 15 is 0 Å². The zero-order valence-corrected chi connectivity index (χ0v) is 17.2. The van der Waals surface area contributed by atoms with E-state index in [2.05, 4.69) is 10.4 Å². The number of aliphatic carboxylic acids is 1. The number of ether oxygens (including phenoxy) is 1. The summed E-state index contributed by atoms with van der Waals surface area (Å²) >= 11 is 6.00. The molecule has 0 fully saturated rings. The van der Waals surface area contributed by atoms with Crippen molar-refractivity contribution in [3.8, 4) is 11.5 Å². The van der Waals surface area contributed by atoms with Crippen molar-refractivity contribution in [2.45, 2.75) is 19.9 Å². The summed E-state index contributed by atoms with van der Waals surface area (Å²) in [7, 11) is 0. The van der Waals surface area contributed by atoms with Crippen molar-refractivity contribution in [1.29, 1.82) is 0 Å². The van der Waals surface area contributed by atoms with E-state index < -0.39 is 22.8 Å². The van der Waals surface area contributed by atoms with Crippen LogP contribution in [-0.4, -0.2) is 31.7 Å². The molecule has 0 bridgehead atoms. The van der Waals surface area contributed by atoms with Gasteiger partial charge in [-0.2, -0.15) is 5.10 Å². The van der Waals surface area contributed by atoms with E-state index in [1.807, 2.05) is 0 Å². The van der Waals surface area contributed by atoms with E-state index in [0.29, 0.717) is 10.8 Å². The number of nitrogens with one attached hydrogen (secondary N) is 1. The van der Waals surface area contributed by atoms with Gasteiger partial charge in [0.15, 0.2) is 0 Å². The third-order valence-electron chi connectivity index (χ3n) is 4.35. The maximum atomic E-state index is 12.7. The number of rotatable bonds is 7. The maximum absolute atomic E-state index is 12.7. The standard InChI is InChI=1S/C20H17ClN4O6/c1-11-7-15(3-4-17(11)21)31-16-9-13(8-14(10-16)25(29)30)23-19(26)18-5-6-22-24(18)12(2)20(27)28/h3-10,12H,1-2H3,(H,23,26)(H,27,28). The fourth-order valence-corrected chi connectivity index (χ4v) is 2.86. The number of carboxylic acids is 1. The van der Waals surface area contributed by atoms with Gasteiger partial charge in [0.05, 0.1) is 16.7 Å². The van der Waals surface area contributed by atoms with E-state index in [1.165, 1.54) is 37.4 Å². The lowest BCUT2D eigenvalue weighted by Crippen LogP contribution is -2.24. The summed E-state index contributed by atoms with van der Waals surface area (Å²) in [4.78, 5) is 34.6. The molecule has 0 saturated carbocycles. The number of carbonyl (C=O) groups is 2. The van der Waals surface area contributed by atoms with Crippen LogP contribution in [0.15, 0.2) is 48.7 Å². The Morgan fingerprint density at radius 1 is 1.23 bits per heavy atom. The van der Waals surface area contributed by atoms with Crippen LogP contribution in [0.5, 0.6) is 11.5 Å². The maximum Gasteiger partial charge on any atom is 0.328 e. The highest BCUT2D eigenvalue weighted by molar-refractivity contribution is 6.31. The molecule has 31 heavy (non-hydrogen) atoms. The largest absolute Gasteiger partial charge is 0.480 e. The van der Waals surface area contributed by atoms with E-state index in [0.717, 1.165) is 10.2 Å². The second-order valence-electron chi connectivity index (χ2n) is 6.62. The van der Waals surface area contributed by atoms with Crippen LogP contribution in [0.4, 0.5) is 11.4 Å². The number of carbonyl (C=O) groups excluding carboxylic acids is 1. The highest BCUT2D eigenvalue weighted by atomic mass is 35.5. The summed E-state index contributed by atoms with van der Waals surface area (Å²) in [6.45, 7) is 3.16. The van der Waals surface area contributed by atoms with Crippen LogP contribution in [0.3, 0.4) is 0 Å². The first-order chi connectivity index (χ1) is 14.7. The van der Waals surface area contributed by atoms with Gasteiger partial charge in [-0.3, -0.25) is 14.9 Å². The molecule has 2 aromatic carbocycles. The van der Waals surface area contributed by atoms with Crippen LogP contribution < -0.4 is 10.1 Å². The number of amides is 1. The average molecular weight is 445 g/mol. The number of hydrogen-bond donors (Lipinski definition) is 2. The Morgan fingerprint density at radius 3 is 2.61 bits per heavy atom. The molecule has 1 atom stereocenters. The van der Waals surface area contributed by atoms with E-state index in [-0.39, 0.29) is 22.8 Å². The molecule has 0 spiro atoms. The Kier molecular flexibility index (Phi) is 6.21. The lowest BCUT2D eigenvalue weighted by Gasteiger charge is -2.13. The molecule has 11 heteroatoms. The topological polar surface area (TPSA) is 137 Å². The van der Waals surface area contributed by atoms with Crippen LogP contribution in [0.2, 0.25) is 5.02 Å². The van der Waals surface area contributed by atoms with E-state index in [4.69, 9.17) is 21.4 Å². The van der Waals surface area contributed by atoms with Crippen LogP contribution in [0, 0.1) is 17.0 Å². The first kappa shape index (κ1) is 21.8. The number of aromatic nitrogens is 2. The molecule has 0 aliphatic rings. The number of halogens is 1. The number of nitro groups is 1. The Morgan fingerprint density at radius 2 is 1.97 bits per heavy atom. The molecule has 0 saturated heterocycles. The quantitative estimate of drug-likeness (QED) is 0.405. The number of nitro benzene ring substituents is 1. The zero-order valence-electron chi connectivity index (χ0n) is 16.4. The van der Waals surface area contributed by atoms with Crippen molar-refractivity contribution in [3.05, 3.63) is 75.1 Å². The number of aryl methyl sites for hydroxylation is 1. The normalized spacial score (nSPS) is 11.6.